The molecule has 0 amide bonds. The molecule has 0 saturated heterocycles. The second-order valence-corrected chi connectivity index (χ2v) is 5.22. The van der Waals surface area contributed by atoms with Crippen LogP contribution >= 0.6 is 0 Å². The van der Waals surface area contributed by atoms with Gasteiger partial charge in [0, 0.05) is 24.2 Å². The Kier molecular flexibility index (Phi) is 4.62. The highest BCUT2D eigenvalue weighted by molar-refractivity contribution is 5.16. The lowest BCUT2D eigenvalue weighted by Crippen LogP contribution is -2.44. The van der Waals surface area contributed by atoms with Crippen molar-refractivity contribution in [2.45, 2.75) is 38.6 Å². The number of furan rings is 1. The van der Waals surface area contributed by atoms with Crippen LogP contribution in [0.4, 0.5) is 13.2 Å². The van der Waals surface area contributed by atoms with Crippen molar-refractivity contribution in [3.63, 3.8) is 0 Å². The zero-order chi connectivity index (χ0) is 16.4. The van der Waals surface area contributed by atoms with Crippen LogP contribution in [0, 0.1) is 13.8 Å². The second kappa shape index (κ2) is 6.13. The van der Waals surface area contributed by atoms with E-state index in [2.05, 4.69) is 15.5 Å². The number of nitrogens with one attached hydrogen (secondary N) is 2. The molecule has 0 aliphatic carbocycles. The Morgan fingerprint density at radius 2 is 2.05 bits per heavy atom. The molecule has 0 aromatic carbocycles. The lowest BCUT2D eigenvalue weighted by atomic mass is 9.95. The normalized spacial score (nSPS) is 15.0. The zero-order valence-corrected chi connectivity index (χ0v) is 12.3. The van der Waals surface area contributed by atoms with Crippen molar-refractivity contribution in [3.8, 4) is 0 Å². The lowest BCUT2D eigenvalue weighted by Gasteiger charge is -2.28. The van der Waals surface area contributed by atoms with Gasteiger partial charge in [0.15, 0.2) is 0 Å². The first kappa shape index (κ1) is 16.6. The number of rotatable bonds is 6. The first-order chi connectivity index (χ1) is 10.2. The Hall–Kier alpha value is -1.80. The standard InChI is InChI=1S/C14H18F3N3O2/c1-9-3-4-12(22-9)13(21,14(15,16)17)5-6-18-7-11-8-19-20-10(11)2/h3-4,8,18,21H,5-7H2,1-2H3,(H,19,20). The Bertz CT molecular complexity index is 621. The minimum atomic E-state index is -4.81. The molecule has 0 radical (unpaired) electrons. The van der Waals surface area contributed by atoms with Crippen molar-refractivity contribution < 1.29 is 22.7 Å². The fraction of sp³-hybridized carbons (Fsp3) is 0.500. The number of hydrogen-bond donors (Lipinski definition) is 3. The number of aliphatic hydroxyl groups is 1. The van der Waals surface area contributed by atoms with E-state index in [4.69, 9.17) is 4.42 Å². The summed E-state index contributed by atoms with van der Waals surface area (Å²) in [6, 6.07) is 2.55. The minimum Gasteiger partial charge on any atom is -0.463 e. The third-order valence-corrected chi connectivity index (χ3v) is 3.53. The summed E-state index contributed by atoms with van der Waals surface area (Å²) in [5, 5.41) is 19.5. The van der Waals surface area contributed by atoms with E-state index in [1.165, 1.54) is 13.0 Å². The van der Waals surface area contributed by atoms with Crippen molar-refractivity contribution >= 4 is 0 Å². The molecule has 2 aromatic heterocycles. The number of aromatic nitrogens is 2. The molecule has 0 fully saturated rings. The number of alkyl halides is 3. The van der Waals surface area contributed by atoms with E-state index in [9.17, 15) is 18.3 Å². The van der Waals surface area contributed by atoms with E-state index in [-0.39, 0.29) is 6.54 Å². The highest BCUT2D eigenvalue weighted by Crippen LogP contribution is 2.41. The van der Waals surface area contributed by atoms with Crippen LogP contribution in [0.15, 0.2) is 22.7 Å². The molecule has 0 aliphatic rings. The van der Waals surface area contributed by atoms with Crippen molar-refractivity contribution in [2.24, 2.45) is 0 Å². The van der Waals surface area contributed by atoms with Gasteiger partial charge >= 0.3 is 6.18 Å². The Morgan fingerprint density at radius 1 is 1.32 bits per heavy atom. The van der Waals surface area contributed by atoms with Crippen molar-refractivity contribution in [1.82, 2.24) is 15.5 Å². The topological polar surface area (TPSA) is 74.1 Å². The Labute approximate surface area is 125 Å². The summed E-state index contributed by atoms with van der Waals surface area (Å²) >= 11 is 0. The highest BCUT2D eigenvalue weighted by atomic mass is 19.4. The number of nitrogens with zero attached hydrogens (tertiary/aromatic N) is 1. The number of aryl methyl sites for hydroxylation is 2. The number of H-pyrrole nitrogens is 1. The molecule has 3 N–H and O–H groups in total. The van der Waals surface area contributed by atoms with Crippen LogP contribution in [0.3, 0.4) is 0 Å². The largest absolute Gasteiger partial charge is 0.463 e. The summed E-state index contributed by atoms with van der Waals surface area (Å²) < 4.78 is 44.6. The third-order valence-electron chi connectivity index (χ3n) is 3.53. The van der Waals surface area contributed by atoms with Gasteiger partial charge in [-0.15, -0.1) is 0 Å². The molecule has 1 unspecified atom stereocenters. The molecule has 0 spiro atoms. The molecule has 2 rings (SSSR count). The molecule has 2 aromatic rings. The van der Waals surface area contributed by atoms with Crippen LogP contribution < -0.4 is 5.32 Å². The molecule has 0 bridgehead atoms. The minimum absolute atomic E-state index is 0.0274. The fourth-order valence-corrected chi connectivity index (χ4v) is 2.11. The van der Waals surface area contributed by atoms with Gasteiger partial charge in [0.2, 0.25) is 5.60 Å². The molecule has 22 heavy (non-hydrogen) atoms. The third kappa shape index (κ3) is 3.33. The van der Waals surface area contributed by atoms with Crippen molar-refractivity contribution in [2.75, 3.05) is 6.54 Å². The SMILES string of the molecule is Cc1ccc(C(O)(CCNCc2cn[nH]c2C)C(F)(F)F)o1. The van der Waals surface area contributed by atoms with Gasteiger partial charge < -0.3 is 14.8 Å². The van der Waals surface area contributed by atoms with Gasteiger partial charge in [0.05, 0.1) is 6.20 Å². The van der Waals surface area contributed by atoms with Crippen molar-refractivity contribution in [1.29, 1.82) is 0 Å². The summed E-state index contributed by atoms with van der Waals surface area (Å²) in [5.74, 6) is -0.168. The van der Waals surface area contributed by atoms with E-state index < -0.39 is 24.0 Å². The maximum atomic E-state index is 13.2. The summed E-state index contributed by atoms with van der Waals surface area (Å²) in [4.78, 5) is 0. The van der Waals surface area contributed by atoms with Crippen LogP contribution in [-0.2, 0) is 12.1 Å². The molecule has 8 heteroatoms. The molecule has 1 atom stereocenters. The quantitative estimate of drug-likeness (QED) is 0.716. The number of halogens is 3. The average molecular weight is 317 g/mol. The summed E-state index contributed by atoms with van der Waals surface area (Å²) in [6.07, 6.45) is -3.75. The molecule has 2 heterocycles. The first-order valence-corrected chi connectivity index (χ1v) is 6.79. The van der Waals surface area contributed by atoms with E-state index in [0.29, 0.717) is 12.3 Å². The molecule has 5 nitrogen and oxygen atoms in total. The molecule has 0 saturated carbocycles. The second-order valence-electron chi connectivity index (χ2n) is 5.22. The van der Waals surface area contributed by atoms with Gasteiger partial charge in [-0.2, -0.15) is 18.3 Å². The van der Waals surface area contributed by atoms with Crippen LogP contribution in [-0.4, -0.2) is 28.0 Å². The molecule has 0 aliphatic heterocycles. The highest BCUT2D eigenvalue weighted by Gasteiger charge is 2.56. The predicted octanol–water partition coefficient (Wildman–Crippen LogP) is 2.55. The van der Waals surface area contributed by atoms with E-state index in [1.807, 2.05) is 6.92 Å². The van der Waals surface area contributed by atoms with Gasteiger partial charge in [-0.25, -0.2) is 0 Å². The van der Waals surface area contributed by atoms with Crippen LogP contribution in [0.1, 0.15) is 29.2 Å². The Morgan fingerprint density at radius 3 is 2.55 bits per heavy atom. The average Bonchev–Trinajstić information content (AvgIpc) is 3.02. The molecular formula is C14H18F3N3O2. The van der Waals surface area contributed by atoms with Crippen LogP contribution in [0.5, 0.6) is 0 Å². The number of aromatic amines is 1. The lowest BCUT2D eigenvalue weighted by molar-refractivity contribution is -0.274. The molecule has 122 valence electrons. The zero-order valence-electron chi connectivity index (χ0n) is 12.3. The maximum absolute atomic E-state index is 13.2. The monoisotopic (exact) mass is 317 g/mol. The smallest absolute Gasteiger partial charge is 0.424 e. The molecular weight excluding hydrogens is 299 g/mol. The summed E-state index contributed by atoms with van der Waals surface area (Å²) in [6.45, 7) is 3.69. The fourth-order valence-electron chi connectivity index (χ4n) is 2.11. The summed E-state index contributed by atoms with van der Waals surface area (Å²) in [7, 11) is 0. The van der Waals surface area contributed by atoms with E-state index in [1.54, 1.807) is 6.20 Å². The van der Waals surface area contributed by atoms with Gasteiger partial charge in [-0.3, -0.25) is 5.10 Å². The summed E-state index contributed by atoms with van der Waals surface area (Å²) in [5.41, 5.74) is -1.29. The van der Waals surface area contributed by atoms with Gasteiger partial charge in [-0.05, 0) is 32.5 Å². The number of hydrogen-bond acceptors (Lipinski definition) is 4. The Balaban J connectivity index is 2.01. The van der Waals surface area contributed by atoms with E-state index in [0.717, 1.165) is 17.3 Å². The maximum Gasteiger partial charge on any atom is 0.424 e. The van der Waals surface area contributed by atoms with Crippen molar-refractivity contribution in [3.05, 3.63) is 41.1 Å². The van der Waals surface area contributed by atoms with Gasteiger partial charge in [0.25, 0.3) is 0 Å². The van der Waals surface area contributed by atoms with Gasteiger partial charge in [0.1, 0.15) is 11.5 Å². The van der Waals surface area contributed by atoms with E-state index >= 15 is 0 Å². The van der Waals surface area contributed by atoms with Crippen LogP contribution in [0.25, 0.3) is 0 Å². The van der Waals surface area contributed by atoms with Gasteiger partial charge in [-0.1, -0.05) is 0 Å². The first-order valence-electron chi connectivity index (χ1n) is 6.79. The predicted molar refractivity (Wildman–Crippen MR) is 73.0 cm³/mol. The van der Waals surface area contributed by atoms with Crippen LogP contribution in [0.2, 0.25) is 0 Å².